The largest absolute Gasteiger partial charge is 0.386 e. The third-order valence-corrected chi connectivity index (χ3v) is 4.22. The van der Waals surface area contributed by atoms with Crippen molar-refractivity contribution >= 4 is 11.9 Å². The summed E-state index contributed by atoms with van der Waals surface area (Å²) >= 11 is 0. The molecule has 3 nitrogen and oxygen atoms in total. The number of hydrogen-bond acceptors (Lipinski definition) is 3. The highest BCUT2D eigenvalue weighted by atomic mass is 16.6. The molecule has 0 radical (unpaired) electrons. The summed E-state index contributed by atoms with van der Waals surface area (Å²) in [4.78, 5) is 24.0. The van der Waals surface area contributed by atoms with Gasteiger partial charge < -0.3 is 4.74 Å². The Kier molecular flexibility index (Phi) is 13.2. The minimum absolute atomic E-state index is 0.256. The molecule has 0 amide bonds. The molecule has 0 aromatic heterocycles. The van der Waals surface area contributed by atoms with E-state index in [1.807, 2.05) is 6.92 Å². The van der Waals surface area contributed by atoms with E-state index < -0.39 is 11.9 Å². The maximum Gasteiger partial charge on any atom is 0.341 e. The van der Waals surface area contributed by atoms with Crippen LogP contribution in [0.1, 0.15) is 98.3 Å². The molecule has 0 saturated carbocycles. The first kappa shape index (κ1) is 22.6. The number of allylic oxidation sites excluding steroid dienone is 1. The number of carbonyl (C=O) groups is 2. The van der Waals surface area contributed by atoms with Gasteiger partial charge in [0, 0.05) is 11.1 Å². The first-order valence-electron chi connectivity index (χ1n) is 9.60. The highest BCUT2D eigenvalue weighted by Gasteiger charge is 2.18. The van der Waals surface area contributed by atoms with E-state index in [0.717, 1.165) is 25.7 Å². The smallest absolute Gasteiger partial charge is 0.341 e. The van der Waals surface area contributed by atoms with Gasteiger partial charge in [-0.2, -0.15) is 0 Å². The summed E-state index contributed by atoms with van der Waals surface area (Å²) in [6.45, 7) is 11.4. The topological polar surface area (TPSA) is 43.4 Å². The molecule has 0 aromatic carbocycles. The Labute approximate surface area is 148 Å². The Balaban J connectivity index is 4.99. The fourth-order valence-corrected chi connectivity index (χ4v) is 2.73. The van der Waals surface area contributed by atoms with E-state index in [1.54, 1.807) is 6.92 Å². The second-order valence-corrected chi connectivity index (χ2v) is 6.51. The van der Waals surface area contributed by atoms with Crippen molar-refractivity contribution in [3.63, 3.8) is 0 Å². The summed E-state index contributed by atoms with van der Waals surface area (Å²) in [5.41, 5.74) is 2.13. The van der Waals surface area contributed by atoms with E-state index in [-0.39, 0.29) is 5.57 Å². The van der Waals surface area contributed by atoms with E-state index in [9.17, 15) is 9.59 Å². The van der Waals surface area contributed by atoms with Crippen molar-refractivity contribution in [3.05, 3.63) is 23.3 Å². The molecular weight excluding hydrogens is 300 g/mol. The summed E-state index contributed by atoms with van der Waals surface area (Å²) in [7, 11) is 0. The Morgan fingerprint density at radius 3 is 1.67 bits per heavy atom. The quantitative estimate of drug-likeness (QED) is 0.172. The molecule has 0 bridgehead atoms. The summed E-state index contributed by atoms with van der Waals surface area (Å²) in [6.07, 6.45) is 11.9. The molecule has 0 heterocycles. The van der Waals surface area contributed by atoms with Crippen molar-refractivity contribution in [3.8, 4) is 0 Å². The number of unbranched alkanes of at least 4 members (excludes halogenated alkanes) is 6. The first-order valence-corrected chi connectivity index (χ1v) is 9.60. The van der Waals surface area contributed by atoms with Crippen LogP contribution in [0.4, 0.5) is 0 Å². The van der Waals surface area contributed by atoms with Gasteiger partial charge in [0.1, 0.15) is 0 Å². The molecule has 0 rings (SSSR count). The van der Waals surface area contributed by atoms with E-state index in [1.165, 1.54) is 44.1 Å². The number of carbonyl (C=O) groups excluding carboxylic acids is 2. The van der Waals surface area contributed by atoms with Crippen LogP contribution in [-0.2, 0) is 14.3 Å². The fraction of sp³-hybridized carbons (Fsp3) is 0.714. The second kappa shape index (κ2) is 14.0. The third kappa shape index (κ3) is 9.69. The van der Waals surface area contributed by atoms with Crippen LogP contribution in [0.25, 0.3) is 0 Å². The van der Waals surface area contributed by atoms with Gasteiger partial charge in [0.25, 0.3) is 0 Å². The van der Waals surface area contributed by atoms with Gasteiger partial charge in [-0.15, -0.1) is 0 Å². The maximum absolute atomic E-state index is 12.4. The summed E-state index contributed by atoms with van der Waals surface area (Å²) in [5.74, 6) is -1.10. The van der Waals surface area contributed by atoms with Gasteiger partial charge in [0.15, 0.2) is 0 Å². The fourth-order valence-electron chi connectivity index (χ4n) is 2.73. The second-order valence-electron chi connectivity index (χ2n) is 6.51. The zero-order chi connectivity index (χ0) is 18.4. The Morgan fingerprint density at radius 1 is 0.792 bits per heavy atom. The monoisotopic (exact) mass is 336 g/mol. The number of esters is 2. The lowest BCUT2D eigenvalue weighted by atomic mass is 9.94. The molecule has 0 spiro atoms. The predicted molar refractivity (Wildman–Crippen MR) is 101 cm³/mol. The van der Waals surface area contributed by atoms with Crippen LogP contribution in [0, 0.1) is 0 Å². The van der Waals surface area contributed by atoms with Crippen molar-refractivity contribution in [1.29, 1.82) is 0 Å². The molecule has 0 saturated heterocycles. The molecule has 0 aliphatic carbocycles. The minimum Gasteiger partial charge on any atom is -0.386 e. The van der Waals surface area contributed by atoms with Gasteiger partial charge in [-0.1, -0.05) is 71.4 Å². The summed E-state index contributed by atoms with van der Waals surface area (Å²) in [5, 5.41) is 0. The van der Waals surface area contributed by atoms with E-state index in [4.69, 9.17) is 4.74 Å². The van der Waals surface area contributed by atoms with Crippen LogP contribution in [-0.4, -0.2) is 11.9 Å². The Bertz CT molecular complexity index is 418. The van der Waals surface area contributed by atoms with Crippen LogP contribution < -0.4 is 0 Å². The summed E-state index contributed by atoms with van der Waals surface area (Å²) < 4.78 is 4.97. The van der Waals surface area contributed by atoms with Crippen LogP contribution in [0.3, 0.4) is 0 Å². The number of ether oxygens (including phenoxy) is 1. The van der Waals surface area contributed by atoms with Crippen molar-refractivity contribution in [2.45, 2.75) is 98.3 Å². The Morgan fingerprint density at radius 2 is 1.29 bits per heavy atom. The van der Waals surface area contributed by atoms with Crippen LogP contribution in [0.15, 0.2) is 23.3 Å². The van der Waals surface area contributed by atoms with Crippen molar-refractivity contribution in [2.24, 2.45) is 0 Å². The Hall–Kier alpha value is -1.38. The number of rotatable bonds is 13. The lowest BCUT2D eigenvalue weighted by molar-refractivity contribution is -0.154. The van der Waals surface area contributed by atoms with Crippen molar-refractivity contribution in [1.82, 2.24) is 0 Å². The molecule has 3 heteroatoms. The van der Waals surface area contributed by atoms with Gasteiger partial charge in [-0.05, 0) is 39.0 Å². The van der Waals surface area contributed by atoms with Gasteiger partial charge in [-0.3, -0.25) is 0 Å². The van der Waals surface area contributed by atoms with E-state index in [2.05, 4.69) is 20.4 Å². The highest BCUT2D eigenvalue weighted by molar-refractivity contribution is 6.01. The highest BCUT2D eigenvalue weighted by Crippen LogP contribution is 2.24. The standard InChI is InChI=1S/C21H36O3/c1-6-9-11-13-15-18(16-14-12-10-7-2)19(8-3)21(23)24-20(22)17(4)5/h4,6-16H2,1-3,5H3. The SMILES string of the molecule is C=C(C)C(=O)OC(=O)C(CC)=C(CCCCCC)CCCCCC. The van der Waals surface area contributed by atoms with Crippen LogP contribution in [0.5, 0.6) is 0 Å². The van der Waals surface area contributed by atoms with Crippen LogP contribution in [0.2, 0.25) is 0 Å². The average Bonchev–Trinajstić information content (AvgIpc) is 2.55. The van der Waals surface area contributed by atoms with Crippen LogP contribution >= 0.6 is 0 Å². The molecule has 0 aliphatic heterocycles. The molecule has 0 aromatic rings. The molecule has 138 valence electrons. The predicted octanol–water partition coefficient (Wildman–Crippen LogP) is 6.28. The zero-order valence-electron chi connectivity index (χ0n) is 16.2. The van der Waals surface area contributed by atoms with Gasteiger partial charge >= 0.3 is 11.9 Å². The molecule has 0 unspecified atom stereocenters. The first-order chi connectivity index (χ1) is 11.5. The summed E-state index contributed by atoms with van der Waals surface area (Å²) in [6, 6.07) is 0. The van der Waals surface area contributed by atoms with E-state index >= 15 is 0 Å². The zero-order valence-corrected chi connectivity index (χ0v) is 16.2. The van der Waals surface area contributed by atoms with Crippen molar-refractivity contribution < 1.29 is 14.3 Å². The normalized spacial score (nSPS) is 10.3. The van der Waals surface area contributed by atoms with E-state index in [0.29, 0.717) is 12.0 Å². The number of hydrogen-bond donors (Lipinski definition) is 0. The lowest BCUT2D eigenvalue weighted by Gasteiger charge is -2.14. The molecule has 0 atom stereocenters. The molecular formula is C21H36O3. The third-order valence-electron chi connectivity index (χ3n) is 4.22. The molecule has 0 N–H and O–H groups in total. The lowest BCUT2D eigenvalue weighted by Crippen LogP contribution is -2.16. The van der Waals surface area contributed by atoms with Crippen molar-refractivity contribution in [2.75, 3.05) is 0 Å². The molecule has 0 aliphatic rings. The van der Waals surface area contributed by atoms with Gasteiger partial charge in [0.2, 0.25) is 0 Å². The van der Waals surface area contributed by atoms with Gasteiger partial charge in [0.05, 0.1) is 0 Å². The molecule has 24 heavy (non-hydrogen) atoms. The minimum atomic E-state index is -0.623. The maximum atomic E-state index is 12.4. The molecule has 0 fully saturated rings. The van der Waals surface area contributed by atoms with Gasteiger partial charge in [-0.25, -0.2) is 9.59 Å². The average molecular weight is 337 g/mol.